The summed E-state index contributed by atoms with van der Waals surface area (Å²) < 4.78 is 0. The van der Waals surface area contributed by atoms with E-state index in [-0.39, 0.29) is 5.78 Å². The van der Waals surface area contributed by atoms with Gasteiger partial charge in [-0.3, -0.25) is 4.79 Å². The van der Waals surface area contributed by atoms with Gasteiger partial charge in [-0.05, 0) is 37.5 Å². The van der Waals surface area contributed by atoms with Gasteiger partial charge in [0, 0.05) is 10.5 Å². The molecule has 0 spiro atoms. The van der Waals surface area contributed by atoms with Gasteiger partial charge in [-0.15, -0.1) is 11.8 Å². The molecule has 0 fully saturated rings. The molecule has 2 aromatic rings. The Morgan fingerprint density at radius 1 is 1.05 bits per heavy atom. The fraction of sp³-hybridized carbons (Fsp3) is 0.316. The van der Waals surface area contributed by atoms with Crippen molar-refractivity contribution >= 4 is 17.5 Å². The number of Topliss-reactive ketones (excluding diaryl/α,β-unsaturated/α-hetero) is 1. The zero-order valence-corrected chi connectivity index (χ0v) is 13.8. The molecule has 0 saturated heterocycles. The van der Waals surface area contributed by atoms with Crippen molar-refractivity contribution in [1.82, 2.24) is 0 Å². The van der Waals surface area contributed by atoms with Crippen LogP contribution in [0.4, 0.5) is 0 Å². The van der Waals surface area contributed by atoms with Gasteiger partial charge in [0.25, 0.3) is 0 Å². The fourth-order valence-electron chi connectivity index (χ4n) is 2.24. The predicted molar refractivity (Wildman–Crippen MR) is 91.4 cm³/mol. The van der Waals surface area contributed by atoms with Gasteiger partial charge < -0.3 is 0 Å². The van der Waals surface area contributed by atoms with Crippen molar-refractivity contribution < 1.29 is 4.79 Å². The van der Waals surface area contributed by atoms with E-state index in [4.69, 9.17) is 0 Å². The van der Waals surface area contributed by atoms with E-state index in [9.17, 15) is 4.79 Å². The second-order valence-corrected chi connectivity index (χ2v) is 6.44. The standard InChI is InChI=1S/C19H22OS/c1-4-5-16-8-10-17(11-9-16)18(20)13-21-19-12-14(2)6-7-15(19)3/h6-12H,4-5,13H2,1-3H3. The number of rotatable bonds is 6. The van der Waals surface area contributed by atoms with Crippen LogP contribution < -0.4 is 0 Å². The van der Waals surface area contributed by atoms with Gasteiger partial charge >= 0.3 is 0 Å². The maximum atomic E-state index is 12.3. The Balaban J connectivity index is 1.99. The van der Waals surface area contributed by atoms with Gasteiger partial charge in [0.05, 0.1) is 5.75 Å². The smallest absolute Gasteiger partial charge is 0.173 e. The lowest BCUT2D eigenvalue weighted by Crippen LogP contribution is -2.02. The molecule has 0 aliphatic rings. The van der Waals surface area contributed by atoms with Crippen molar-refractivity contribution in [3.63, 3.8) is 0 Å². The fourth-order valence-corrected chi connectivity index (χ4v) is 3.25. The van der Waals surface area contributed by atoms with Crippen molar-refractivity contribution in [2.75, 3.05) is 5.75 Å². The maximum Gasteiger partial charge on any atom is 0.173 e. The van der Waals surface area contributed by atoms with E-state index in [1.54, 1.807) is 11.8 Å². The lowest BCUT2D eigenvalue weighted by Gasteiger charge is -2.07. The van der Waals surface area contributed by atoms with Gasteiger partial charge in [-0.25, -0.2) is 0 Å². The molecule has 0 radical (unpaired) electrons. The van der Waals surface area contributed by atoms with Gasteiger partial charge in [0.15, 0.2) is 5.78 Å². The second-order valence-electron chi connectivity index (χ2n) is 5.43. The highest BCUT2D eigenvalue weighted by Gasteiger charge is 2.08. The Kier molecular flexibility index (Phi) is 5.63. The molecule has 0 atom stereocenters. The molecule has 0 bridgehead atoms. The summed E-state index contributed by atoms with van der Waals surface area (Å²) in [6.07, 6.45) is 2.21. The van der Waals surface area contributed by atoms with E-state index < -0.39 is 0 Å². The molecule has 2 heteroatoms. The van der Waals surface area contributed by atoms with E-state index in [2.05, 4.69) is 51.1 Å². The number of aryl methyl sites for hydroxylation is 3. The third kappa shape index (κ3) is 4.47. The van der Waals surface area contributed by atoms with Crippen LogP contribution in [0.15, 0.2) is 47.4 Å². The average molecular weight is 298 g/mol. The highest BCUT2D eigenvalue weighted by atomic mass is 32.2. The van der Waals surface area contributed by atoms with E-state index >= 15 is 0 Å². The molecular formula is C19H22OS. The number of hydrogen-bond donors (Lipinski definition) is 0. The minimum atomic E-state index is 0.198. The molecule has 0 aromatic heterocycles. The van der Waals surface area contributed by atoms with Gasteiger partial charge in [0.1, 0.15) is 0 Å². The summed E-state index contributed by atoms with van der Waals surface area (Å²) in [5.74, 6) is 0.696. The van der Waals surface area contributed by atoms with Gasteiger partial charge in [-0.1, -0.05) is 55.3 Å². The molecule has 0 saturated carbocycles. The zero-order valence-electron chi connectivity index (χ0n) is 13.0. The molecule has 1 nitrogen and oxygen atoms in total. The highest BCUT2D eigenvalue weighted by molar-refractivity contribution is 8.00. The van der Waals surface area contributed by atoms with Crippen molar-refractivity contribution in [3.05, 3.63) is 64.7 Å². The van der Waals surface area contributed by atoms with Crippen molar-refractivity contribution in [2.24, 2.45) is 0 Å². The zero-order chi connectivity index (χ0) is 15.2. The van der Waals surface area contributed by atoms with E-state index in [1.807, 2.05) is 12.1 Å². The number of carbonyl (C=O) groups is 1. The first-order valence-corrected chi connectivity index (χ1v) is 8.41. The third-order valence-electron chi connectivity index (χ3n) is 3.52. The van der Waals surface area contributed by atoms with Gasteiger partial charge in [0.2, 0.25) is 0 Å². The Morgan fingerprint density at radius 2 is 1.76 bits per heavy atom. The van der Waals surface area contributed by atoms with Crippen LogP contribution in [0.1, 0.15) is 40.4 Å². The number of benzene rings is 2. The van der Waals surface area contributed by atoms with Crippen LogP contribution in [0.3, 0.4) is 0 Å². The first kappa shape index (κ1) is 15.8. The number of ketones is 1. The molecule has 0 unspecified atom stereocenters. The van der Waals surface area contributed by atoms with E-state index in [0.29, 0.717) is 5.75 Å². The summed E-state index contributed by atoms with van der Waals surface area (Å²) in [7, 11) is 0. The van der Waals surface area contributed by atoms with E-state index in [0.717, 1.165) is 18.4 Å². The summed E-state index contributed by atoms with van der Waals surface area (Å²) in [5, 5.41) is 0. The van der Waals surface area contributed by atoms with Crippen LogP contribution >= 0.6 is 11.8 Å². The van der Waals surface area contributed by atoms with Crippen LogP contribution in [0.25, 0.3) is 0 Å². The number of hydrogen-bond acceptors (Lipinski definition) is 2. The number of carbonyl (C=O) groups excluding carboxylic acids is 1. The number of thioether (sulfide) groups is 1. The average Bonchev–Trinajstić information content (AvgIpc) is 2.49. The Labute approximate surface area is 131 Å². The van der Waals surface area contributed by atoms with Crippen molar-refractivity contribution in [2.45, 2.75) is 38.5 Å². The van der Waals surface area contributed by atoms with Crippen molar-refractivity contribution in [3.8, 4) is 0 Å². The maximum absolute atomic E-state index is 12.3. The van der Waals surface area contributed by atoms with Crippen LogP contribution in [-0.4, -0.2) is 11.5 Å². The monoisotopic (exact) mass is 298 g/mol. The molecule has 2 rings (SSSR count). The van der Waals surface area contributed by atoms with Gasteiger partial charge in [-0.2, -0.15) is 0 Å². The molecule has 0 heterocycles. The largest absolute Gasteiger partial charge is 0.293 e. The summed E-state index contributed by atoms with van der Waals surface area (Å²) in [4.78, 5) is 13.5. The summed E-state index contributed by atoms with van der Waals surface area (Å²) in [5.41, 5.74) is 4.58. The molecule has 2 aromatic carbocycles. The quantitative estimate of drug-likeness (QED) is 0.536. The molecule has 110 valence electrons. The Bertz CT molecular complexity index is 614. The lowest BCUT2D eigenvalue weighted by molar-refractivity contribution is 0.102. The van der Waals surface area contributed by atoms with E-state index in [1.165, 1.54) is 21.6 Å². The minimum Gasteiger partial charge on any atom is -0.293 e. The SMILES string of the molecule is CCCc1ccc(C(=O)CSc2cc(C)ccc2C)cc1. The lowest BCUT2D eigenvalue weighted by atomic mass is 10.1. The second kappa shape index (κ2) is 7.46. The van der Waals surface area contributed by atoms with Crippen molar-refractivity contribution in [1.29, 1.82) is 0 Å². The normalized spacial score (nSPS) is 10.6. The van der Waals surface area contributed by atoms with Crippen LogP contribution in [0, 0.1) is 13.8 Å². The topological polar surface area (TPSA) is 17.1 Å². The Hall–Kier alpha value is -1.54. The first-order chi connectivity index (χ1) is 10.1. The molecule has 0 aliphatic carbocycles. The first-order valence-electron chi connectivity index (χ1n) is 7.42. The predicted octanol–water partition coefficient (Wildman–Crippen LogP) is 5.23. The third-order valence-corrected chi connectivity index (χ3v) is 4.67. The molecule has 21 heavy (non-hydrogen) atoms. The molecule has 0 N–H and O–H groups in total. The molecular weight excluding hydrogens is 276 g/mol. The Morgan fingerprint density at radius 3 is 2.43 bits per heavy atom. The summed E-state index contributed by atoms with van der Waals surface area (Å²) >= 11 is 1.63. The minimum absolute atomic E-state index is 0.198. The molecule has 0 amide bonds. The van der Waals surface area contributed by atoms with Crippen LogP contribution in [-0.2, 0) is 6.42 Å². The van der Waals surface area contributed by atoms with Crippen LogP contribution in [0.2, 0.25) is 0 Å². The van der Waals surface area contributed by atoms with Crippen LogP contribution in [0.5, 0.6) is 0 Å². The molecule has 0 aliphatic heterocycles. The summed E-state index contributed by atoms with van der Waals surface area (Å²) in [6, 6.07) is 14.4. The summed E-state index contributed by atoms with van der Waals surface area (Å²) in [6.45, 7) is 6.34. The highest BCUT2D eigenvalue weighted by Crippen LogP contribution is 2.24.